The third-order valence-electron chi connectivity index (χ3n) is 7.42. The Hall–Kier alpha value is -3.12. The Labute approximate surface area is 202 Å². The number of likely N-dealkylation sites (tertiary alicyclic amines) is 1. The number of nitrogens with one attached hydrogen (secondary N) is 2. The van der Waals surface area contributed by atoms with E-state index in [1.807, 2.05) is 35.4 Å². The summed E-state index contributed by atoms with van der Waals surface area (Å²) < 4.78 is 0. The molecule has 2 aromatic carbocycles. The van der Waals surface area contributed by atoms with Crippen molar-refractivity contribution in [3.05, 3.63) is 71.9 Å². The molecule has 6 heteroatoms. The van der Waals surface area contributed by atoms with Crippen molar-refractivity contribution in [3.8, 4) is 0 Å². The third kappa shape index (κ3) is 5.02. The van der Waals surface area contributed by atoms with Crippen molar-refractivity contribution >= 4 is 22.7 Å². The minimum atomic E-state index is -0.0369. The number of piperidine rings is 1. The first-order chi connectivity index (χ1) is 16.4. The molecule has 34 heavy (non-hydrogen) atoms. The van der Waals surface area contributed by atoms with Crippen LogP contribution in [0.2, 0.25) is 0 Å². The van der Waals surface area contributed by atoms with Gasteiger partial charge in [-0.25, -0.2) is 0 Å². The summed E-state index contributed by atoms with van der Waals surface area (Å²) >= 11 is 0. The summed E-state index contributed by atoms with van der Waals surface area (Å²) in [6, 6.07) is 18.7. The number of aromatic nitrogens is 1. The maximum Gasteiger partial charge on any atom is 0.224 e. The highest BCUT2D eigenvalue weighted by Gasteiger charge is 2.39. The van der Waals surface area contributed by atoms with Gasteiger partial charge in [-0.1, -0.05) is 55.5 Å². The number of amides is 2. The highest BCUT2D eigenvalue weighted by molar-refractivity contribution is 5.85. The van der Waals surface area contributed by atoms with Crippen LogP contribution < -0.4 is 5.32 Å². The summed E-state index contributed by atoms with van der Waals surface area (Å²) in [7, 11) is 4.24. The van der Waals surface area contributed by atoms with Gasteiger partial charge in [-0.3, -0.25) is 14.5 Å². The van der Waals surface area contributed by atoms with Gasteiger partial charge in [0.25, 0.3) is 0 Å². The van der Waals surface area contributed by atoms with E-state index in [1.165, 1.54) is 5.56 Å². The fourth-order valence-electron chi connectivity index (χ4n) is 5.30. The summed E-state index contributed by atoms with van der Waals surface area (Å²) in [6.07, 6.45) is 4.55. The monoisotopic (exact) mass is 460 g/mol. The molecule has 1 aromatic heterocycles. The first kappa shape index (κ1) is 24.0. The maximum absolute atomic E-state index is 12.8. The number of hydrogen-bond acceptors (Lipinski definition) is 3. The number of para-hydroxylation sites is 1. The smallest absolute Gasteiger partial charge is 0.224 e. The molecule has 180 valence electrons. The van der Waals surface area contributed by atoms with Gasteiger partial charge in [-0.15, -0.1) is 0 Å². The van der Waals surface area contributed by atoms with Crippen LogP contribution >= 0.6 is 0 Å². The van der Waals surface area contributed by atoms with E-state index in [1.54, 1.807) is 0 Å². The van der Waals surface area contributed by atoms with Crippen LogP contribution in [0.1, 0.15) is 49.7 Å². The lowest BCUT2D eigenvalue weighted by atomic mass is 9.79. The second-order valence-electron chi connectivity index (χ2n) is 9.67. The number of aromatic amines is 1. The summed E-state index contributed by atoms with van der Waals surface area (Å²) in [5.41, 5.74) is 3.51. The SMILES string of the molecule is CC(CC(=O)NCCC(=O)N1CCC(c2ccccc2)(N(C)C)CC1)c1c[nH]c2ccccc12. The van der Waals surface area contributed by atoms with E-state index in [-0.39, 0.29) is 23.3 Å². The molecule has 0 aliphatic carbocycles. The maximum atomic E-state index is 12.8. The van der Waals surface area contributed by atoms with E-state index in [0.717, 1.165) is 42.4 Å². The van der Waals surface area contributed by atoms with Gasteiger partial charge >= 0.3 is 0 Å². The Morgan fingerprint density at radius 2 is 1.74 bits per heavy atom. The molecule has 0 saturated carbocycles. The lowest BCUT2D eigenvalue weighted by molar-refractivity contribution is -0.133. The molecule has 1 aliphatic heterocycles. The first-order valence-electron chi connectivity index (χ1n) is 12.2. The van der Waals surface area contributed by atoms with Gasteiger partial charge in [0.2, 0.25) is 11.8 Å². The number of carbonyl (C=O) groups excluding carboxylic acids is 2. The molecular weight excluding hydrogens is 424 g/mol. The van der Waals surface area contributed by atoms with Gasteiger partial charge in [-0.2, -0.15) is 0 Å². The van der Waals surface area contributed by atoms with Gasteiger partial charge in [0.1, 0.15) is 0 Å². The Balaban J connectivity index is 1.24. The van der Waals surface area contributed by atoms with Crippen molar-refractivity contribution in [2.24, 2.45) is 0 Å². The molecule has 2 N–H and O–H groups in total. The molecule has 2 amide bonds. The standard InChI is InChI=1S/C28H36N4O2/c1-21(24-20-30-25-12-8-7-11-23(24)25)19-26(33)29-16-13-27(34)32-17-14-28(15-18-32,31(2)3)22-9-5-4-6-10-22/h4-12,20-21,30H,13-19H2,1-3H3,(H,29,33). The van der Waals surface area contributed by atoms with Crippen molar-refractivity contribution in [3.63, 3.8) is 0 Å². The highest BCUT2D eigenvalue weighted by atomic mass is 16.2. The van der Waals surface area contributed by atoms with E-state index < -0.39 is 0 Å². The molecule has 0 bridgehead atoms. The molecule has 1 saturated heterocycles. The van der Waals surface area contributed by atoms with Crippen LogP contribution in [0.3, 0.4) is 0 Å². The van der Waals surface area contributed by atoms with Crippen LogP contribution in [-0.2, 0) is 15.1 Å². The Kier molecular flexibility index (Phi) is 7.37. The lowest BCUT2D eigenvalue weighted by Crippen LogP contribution is -2.52. The van der Waals surface area contributed by atoms with Crippen molar-refractivity contribution in [1.29, 1.82) is 0 Å². The predicted octanol–water partition coefficient (Wildman–Crippen LogP) is 4.25. The largest absolute Gasteiger partial charge is 0.361 e. The number of hydrogen-bond donors (Lipinski definition) is 2. The van der Waals surface area contributed by atoms with Crippen LogP contribution in [0.15, 0.2) is 60.8 Å². The predicted molar refractivity (Wildman–Crippen MR) is 137 cm³/mol. The quantitative estimate of drug-likeness (QED) is 0.528. The third-order valence-corrected chi connectivity index (χ3v) is 7.42. The summed E-state index contributed by atoms with van der Waals surface area (Å²) in [4.78, 5) is 32.8. The molecule has 1 fully saturated rings. The average molecular weight is 461 g/mol. The van der Waals surface area contributed by atoms with E-state index in [2.05, 4.69) is 66.6 Å². The average Bonchev–Trinajstić information content (AvgIpc) is 3.29. The van der Waals surface area contributed by atoms with Gasteiger partial charge < -0.3 is 15.2 Å². The minimum absolute atomic E-state index is 0.0140. The van der Waals surface area contributed by atoms with Crippen molar-refractivity contribution < 1.29 is 9.59 Å². The second-order valence-corrected chi connectivity index (χ2v) is 9.67. The zero-order chi connectivity index (χ0) is 24.1. The number of carbonyl (C=O) groups is 2. The molecule has 1 unspecified atom stereocenters. The summed E-state index contributed by atoms with van der Waals surface area (Å²) in [6.45, 7) is 3.92. The molecule has 1 aliphatic rings. The van der Waals surface area contributed by atoms with Crippen LogP contribution in [0.25, 0.3) is 10.9 Å². The molecule has 6 nitrogen and oxygen atoms in total. The minimum Gasteiger partial charge on any atom is -0.361 e. The van der Waals surface area contributed by atoms with Crippen LogP contribution in [0.4, 0.5) is 0 Å². The molecule has 3 aromatic rings. The Morgan fingerprint density at radius 1 is 1.06 bits per heavy atom. The van der Waals surface area contributed by atoms with Crippen LogP contribution in [0, 0.1) is 0 Å². The molecule has 0 radical (unpaired) electrons. The number of benzene rings is 2. The van der Waals surface area contributed by atoms with Crippen molar-refractivity contribution in [2.45, 2.75) is 44.1 Å². The van der Waals surface area contributed by atoms with Crippen LogP contribution in [-0.4, -0.2) is 60.3 Å². The number of fused-ring (bicyclic) bond motifs is 1. The normalized spacial score (nSPS) is 16.5. The fraction of sp³-hybridized carbons (Fsp3) is 0.429. The summed E-state index contributed by atoms with van der Waals surface area (Å²) in [5, 5.41) is 4.11. The van der Waals surface area contributed by atoms with E-state index >= 15 is 0 Å². The van der Waals surface area contributed by atoms with Gasteiger partial charge in [0.05, 0.1) is 0 Å². The lowest BCUT2D eigenvalue weighted by Gasteiger charge is -2.46. The van der Waals surface area contributed by atoms with Crippen molar-refractivity contribution in [1.82, 2.24) is 20.1 Å². The number of H-pyrrole nitrogens is 1. The van der Waals surface area contributed by atoms with Gasteiger partial charge in [-0.05, 0) is 50.0 Å². The van der Waals surface area contributed by atoms with E-state index in [0.29, 0.717) is 19.4 Å². The number of nitrogens with zero attached hydrogens (tertiary/aromatic N) is 2. The second kappa shape index (κ2) is 10.4. The highest BCUT2D eigenvalue weighted by Crippen LogP contribution is 2.37. The molecular formula is C28H36N4O2. The molecule has 2 heterocycles. The van der Waals surface area contributed by atoms with E-state index in [4.69, 9.17) is 0 Å². The topological polar surface area (TPSA) is 68.4 Å². The van der Waals surface area contributed by atoms with E-state index in [9.17, 15) is 9.59 Å². The zero-order valence-electron chi connectivity index (χ0n) is 20.5. The molecule has 4 rings (SSSR count). The molecule has 0 spiro atoms. The Morgan fingerprint density at radius 3 is 2.44 bits per heavy atom. The first-order valence-corrected chi connectivity index (χ1v) is 12.2. The molecule has 1 atom stereocenters. The van der Waals surface area contributed by atoms with Gasteiger partial charge in [0, 0.05) is 55.1 Å². The fourth-order valence-corrected chi connectivity index (χ4v) is 5.30. The Bertz CT molecular complexity index is 1110. The number of rotatable bonds is 8. The van der Waals surface area contributed by atoms with Gasteiger partial charge in [0.15, 0.2) is 0 Å². The van der Waals surface area contributed by atoms with Crippen LogP contribution in [0.5, 0.6) is 0 Å². The summed E-state index contributed by atoms with van der Waals surface area (Å²) in [5.74, 6) is 0.205. The van der Waals surface area contributed by atoms with Crippen molar-refractivity contribution in [2.75, 3.05) is 33.7 Å². The zero-order valence-corrected chi connectivity index (χ0v) is 20.5.